The van der Waals surface area contributed by atoms with Crippen LogP contribution in [0.25, 0.3) is 0 Å². The van der Waals surface area contributed by atoms with Crippen LogP contribution in [0, 0.1) is 12.7 Å². The molecular weight excluding hydrogens is 219 g/mol. The Morgan fingerprint density at radius 1 is 1.47 bits per heavy atom. The van der Waals surface area contributed by atoms with Gasteiger partial charge in [0.05, 0.1) is 5.56 Å². The Morgan fingerprint density at radius 2 is 2.24 bits per heavy atom. The molecule has 0 saturated heterocycles. The summed E-state index contributed by atoms with van der Waals surface area (Å²) in [5.41, 5.74) is 6.75. The van der Waals surface area contributed by atoms with E-state index in [2.05, 4.69) is 5.32 Å². The molecule has 3 nitrogen and oxygen atoms in total. The number of amides is 1. The van der Waals surface area contributed by atoms with E-state index >= 15 is 0 Å². The fourth-order valence-corrected chi connectivity index (χ4v) is 2.22. The van der Waals surface area contributed by atoms with Crippen molar-refractivity contribution in [2.24, 2.45) is 5.73 Å². The van der Waals surface area contributed by atoms with Crippen molar-refractivity contribution >= 4 is 5.91 Å². The van der Waals surface area contributed by atoms with Crippen molar-refractivity contribution < 1.29 is 9.18 Å². The normalized spacial score (nSPS) is 23.7. The van der Waals surface area contributed by atoms with Gasteiger partial charge in [0.2, 0.25) is 0 Å². The SMILES string of the molecule is Cc1ccc(C(=O)NC2CCCC2N)c(F)c1. The predicted molar refractivity (Wildman–Crippen MR) is 64.2 cm³/mol. The van der Waals surface area contributed by atoms with Gasteiger partial charge in [0.25, 0.3) is 5.91 Å². The first-order valence-corrected chi connectivity index (χ1v) is 5.90. The summed E-state index contributed by atoms with van der Waals surface area (Å²) >= 11 is 0. The monoisotopic (exact) mass is 236 g/mol. The highest BCUT2D eigenvalue weighted by Crippen LogP contribution is 2.18. The van der Waals surface area contributed by atoms with Crippen LogP contribution in [0.4, 0.5) is 4.39 Å². The Hall–Kier alpha value is -1.42. The van der Waals surface area contributed by atoms with Crippen LogP contribution in [0.15, 0.2) is 18.2 Å². The molecule has 92 valence electrons. The molecule has 4 heteroatoms. The summed E-state index contributed by atoms with van der Waals surface area (Å²) in [5.74, 6) is -0.848. The first-order chi connectivity index (χ1) is 8.08. The lowest BCUT2D eigenvalue weighted by molar-refractivity contribution is 0.0930. The molecule has 2 unspecified atom stereocenters. The van der Waals surface area contributed by atoms with Crippen LogP contribution in [0.5, 0.6) is 0 Å². The van der Waals surface area contributed by atoms with Gasteiger partial charge >= 0.3 is 0 Å². The zero-order chi connectivity index (χ0) is 12.4. The second-order valence-corrected chi connectivity index (χ2v) is 4.66. The van der Waals surface area contributed by atoms with E-state index in [0.29, 0.717) is 0 Å². The van der Waals surface area contributed by atoms with Gasteiger partial charge in [-0.2, -0.15) is 0 Å². The number of rotatable bonds is 2. The van der Waals surface area contributed by atoms with E-state index in [1.807, 2.05) is 0 Å². The highest BCUT2D eigenvalue weighted by atomic mass is 19.1. The number of benzene rings is 1. The third kappa shape index (κ3) is 2.64. The molecule has 0 spiro atoms. The number of hydrogen-bond donors (Lipinski definition) is 2. The molecule has 1 aliphatic rings. The minimum atomic E-state index is -0.478. The van der Waals surface area contributed by atoms with Crippen LogP contribution in [0.1, 0.15) is 35.2 Å². The third-order valence-electron chi connectivity index (χ3n) is 3.26. The second kappa shape index (κ2) is 4.84. The van der Waals surface area contributed by atoms with Crippen LogP contribution in [-0.4, -0.2) is 18.0 Å². The first kappa shape index (κ1) is 12.0. The average Bonchev–Trinajstić information content (AvgIpc) is 2.64. The van der Waals surface area contributed by atoms with Crippen LogP contribution in [0.2, 0.25) is 0 Å². The molecule has 0 aromatic heterocycles. The maximum Gasteiger partial charge on any atom is 0.254 e. The minimum absolute atomic E-state index is 0.00698. The Kier molecular flexibility index (Phi) is 3.43. The van der Waals surface area contributed by atoms with Gasteiger partial charge in [0.15, 0.2) is 0 Å². The molecule has 0 radical (unpaired) electrons. The van der Waals surface area contributed by atoms with Gasteiger partial charge in [-0.25, -0.2) is 4.39 Å². The van der Waals surface area contributed by atoms with E-state index in [1.54, 1.807) is 13.0 Å². The smallest absolute Gasteiger partial charge is 0.254 e. The lowest BCUT2D eigenvalue weighted by Crippen LogP contribution is -2.44. The van der Waals surface area contributed by atoms with Crippen molar-refractivity contribution in [2.75, 3.05) is 0 Å². The molecule has 2 atom stereocenters. The summed E-state index contributed by atoms with van der Waals surface area (Å²) in [7, 11) is 0. The summed E-state index contributed by atoms with van der Waals surface area (Å²) in [6.45, 7) is 1.79. The quantitative estimate of drug-likeness (QED) is 0.821. The van der Waals surface area contributed by atoms with Gasteiger partial charge in [0, 0.05) is 12.1 Å². The lowest BCUT2D eigenvalue weighted by Gasteiger charge is -2.17. The molecule has 0 bridgehead atoms. The molecule has 1 aromatic carbocycles. The van der Waals surface area contributed by atoms with Gasteiger partial charge in [-0.15, -0.1) is 0 Å². The van der Waals surface area contributed by atoms with E-state index in [1.165, 1.54) is 12.1 Å². The van der Waals surface area contributed by atoms with Crippen LogP contribution in [-0.2, 0) is 0 Å². The summed E-state index contributed by atoms with van der Waals surface area (Å²) < 4.78 is 13.6. The Bertz CT molecular complexity index is 433. The molecule has 0 heterocycles. The van der Waals surface area contributed by atoms with E-state index in [9.17, 15) is 9.18 Å². The zero-order valence-electron chi connectivity index (χ0n) is 9.87. The Labute approximate surface area is 100 Å². The molecule has 2 rings (SSSR count). The second-order valence-electron chi connectivity index (χ2n) is 4.66. The number of nitrogens with two attached hydrogens (primary N) is 1. The topological polar surface area (TPSA) is 55.1 Å². The van der Waals surface area contributed by atoms with Crippen molar-refractivity contribution in [1.29, 1.82) is 0 Å². The molecule has 3 N–H and O–H groups in total. The first-order valence-electron chi connectivity index (χ1n) is 5.90. The van der Waals surface area contributed by atoms with Gasteiger partial charge in [-0.05, 0) is 43.9 Å². The van der Waals surface area contributed by atoms with Crippen molar-refractivity contribution in [3.05, 3.63) is 35.1 Å². The molecule has 1 aliphatic carbocycles. The minimum Gasteiger partial charge on any atom is -0.348 e. The van der Waals surface area contributed by atoms with Crippen LogP contribution >= 0.6 is 0 Å². The van der Waals surface area contributed by atoms with Gasteiger partial charge in [-0.1, -0.05) is 6.07 Å². The Balaban J connectivity index is 2.09. The summed E-state index contributed by atoms with van der Waals surface area (Å²) in [5, 5.41) is 2.80. The summed E-state index contributed by atoms with van der Waals surface area (Å²) in [6, 6.07) is 4.58. The maximum atomic E-state index is 13.6. The van der Waals surface area contributed by atoms with E-state index in [0.717, 1.165) is 24.8 Å². The number of nitrogens with one attached hydrogen (secondary N) is 1. The lowest BCUT2D eigenvalue weighted by atomic mass is 10.1. The van der Waals surface area contributed by atoms with Gasteiger partial charge < -0.3 is 11.1 Å². The predicted octanol–water partition coefficient (Wildman–Crippen LogP) is 1.74. The van der Waals surface area contributed by atoms with Crippen LogP contribution in [0.3, 0.4) is 0 Å². The highest BCUT2D eigenvalue weighted by molar-refractivity contribution is 5.94. The Morgan fingerprint density at radius 3 is 2.82 bits per heavy atom. The van der Waals surface area contributed by atoms with Crippen molar-refractivity contribution in [3.63, 3.8) is 0 Å². The number of halogens is 1. The molecule has 0 aliphatic heterocycles. The van der Waals surface area contributed by atoms with Gasteiger partial charge in [0.1, 0.15) is 5.82 Å². The van der Waals surface area contributed by atoms with E-state index in [4.69, 9.17) is 5.73 Å². The standard InChI is InChI=1S/C13H17FN2O/c1-8-5-6-9(10(14)7-8)13(17)16-12-4-2-3-11(12)15/h5-7,11-12H,2-4,15H2,1H3,(H,16,17). The van der Waals surface area contributed by atoms with Crippen LogP contribution < -0.4 is 11.1 Å². The summed E-state index contributed by atoms with van der Waals surface area (Å²) in [6.07, 6.45) is 2.81. The van der Waals surface area contributed by atoms with Crippen molar-refractivity contribution in [1.82, 2.24) is 5.32 Å². The van der Waals surface area contributed by atoms with Crippen molar-refractivity contribution in [2.45, 2.75) is 38.3 Å². The molecular formula is C13H17FN2O. The maximum absolute atomic E-state index is 13.6. The van der Waals surface area contributed by atoms with E-state index in [-0.39, 0.29) is 23.6 Å². The fourth-order valence-electron chi connectivity index (χ4n) is 2.22. The third-order valence-corrected chi connectivity index (χ3v) is 3.26. The average molecular weight is 236 g/mol. The molecule has 17 heavy (non-hydrogen) atoms. The van der Waals surface area contributed by atoms with Gasteiger partial charge in [-0.3, -0.25) is 4.79 Å². The number of hydrogen-bond acceptors (Lipinski definition) is 2. The largest absolute Gasteiger partial charge is 0.348 e. The van der Waals surface area contributed by atoms with Crippen molar-refractivity contribution in [3.8, 4) is 0 Å². The molecule has 1 aromatic rings. The molecule has 1 fully saturated rings. The number of carbonyl (C=O) groups excluding carboxylic acids is 1. The highest BCUT2D eigenvalue weighted by Gasteiger charge is 2.26. The molecule has 1 saturated carbocycles. The summed E-state index contributed by atoms with van der Waals surface area (Å²) in [4.78, 5) is 11.9. The number of carbonyl (C=O) groups is 1. The molecule has 1 amide bonds. The number of aryl methyl sites for hydroxylation is 1. The fraction of sp³-hybridized carbons (Fsp3) is 0.462. The zero-order valence-corrected chi connectivity index (χ0v) is 9.87. The van der Waals surface area contributed by atoms with E-state index < -0.39 is 5.82 Å².